The molecule has 2 aromatic carbocycles. The van der Waals surface area contributed by atoms with E-state index < -0.39 is 0 Å². The van der Waals surface area contributed by atoms with Crippen molar-refractivity contribution in [1.82, 2.24) is 0 Å². The summed E-state index contributed by atoms with van der Waals surface area (Å²) in [5, 5.41) is 2.70. The summed E-state index contributed by atoms with van der Waals surface area (Å²) in [6, 6.07) is 12.6. The Kier molecular flexibility index (Phi) is 4.71. The molecule has 0 atom stereocenters. The summed E-state index contributed by atoms with van der Waals surface area (Å²) in [4.78, 5) is 12.0. The van der Waals surface area contributed by atoms with Gasteiger partial charge in [0.1, 0.15) is 11.6 Å². The molecule has 2 aromatic rings. The molecule has 0 unspecified atom stereocenters. The molecular formula is C16H16FNO2. The van der Waals surface area contributed by atoms with Crippen LogP contribution in [0.15, 0.2) is 48.5 Å². The van der Waals surface area contributed by atoms with Gasteiger partial charge in [-0.3, -0.25) is 4.79 Å². The van der Waals surface area contributed by atoms with E-state index in [2.05, 4.69) is 5.32 Å². The Morgan fingerprint density at radius 2 is 1.75 bits per heavy atom. The van der Waals surface area contributed by atoms with Crippen molar-refractivity contribution in [3.05, 3.63) is 59.9 Å². The van der Waals surface area contributed by atoms with Crippen LogP contribution >= 0.6 is 0 Å². The van der Waals surface area contributed by atoms with Crippen LogP contribution in [0, 0.1) is 5.82 Å². The Balaban J connectivity index is 2.00. The Morgan fingerprint density at radius 3 is 2.35 bits per heavy atom. The van der Waals surface area contributed by atoms with Crippen LogP contribution in [-0.2, 0) is 0 Å². The topological polar surface area (TPSA) is 38.3 Å². The number of carbonyl (C=O) groups is 1. The van der Waals surface area contributed by atoms with Crippen molar-refractivity contribution in [2.24, 2.45) is 0 Å². The molecule has 1 N–H and O–H groups in total. The normalized spacial score (nSPS) is 10.1. The summed E-state index contributed by atoms with van der Waals surface area (Å²) in [7, 11) is 0. The van der Waals surface area contributed by atoms with Gasteiger partial charge in [-0.2, -0.15) is 0 Å². The second-order valence-corrected chi connectivity index (χ2v) is 4.33. The molecule has 0 fully saturated rings. The molecule has 0 saturated heterocycles. The Morgan fingerprint density at radius 1 is 1.10 bits per heavy atom. The van der Waals surface area contributed by atoms with Gasteiger partial charge in [0.05, 0.1) is 6.61 Å². The number of halogens is 1. The average molecular weight is 273 g/mol. The highest BCUT2D eigenvalue weighted by atomic mass is 19.1. The lowest BCUT2D eigenvalue weighted by atomic mass is 10.2. The predicted octanol–water partition coefficient (Wildman–Crippen LogP) is 3.87. The summed E-state index contributed by atoms with van der Waals surface area (Å²) in [6.07, 6.45) is 0.937. The average Bonchev–Trinajstić information content (AvgIpc) is 2.48. The number of ether oxygens (including phenoxy) is 1. The van der Waals surface area contributed by atoms with Crippen LogP contribution in [0.1, 0.15) is 23.7 Å². The highest BCUT2D eigenvalue weighted by molar-refractivity contribution is 6.04. The minimum absolute atomic E-state index is 0.237. The van der Waals surface area contributed by atoms with Gasteiger partial charge >= 0.3 is 0 Å². The van der Waals surface area contributed by atoms with Gasteiger partial charge in [0.15, 0.2) is 0 Å². The van der Waals surface area contributed by atoms with E-state index in [4.69, 9.17) is 4.74 Å². The van der Waals surface area contributed by atoms with Gasteiger partial charge in [0, 0.05) is 11.3 Å². The fraction of sp³-hybridized carbons (Fsp3) is 0.188. The number of rotatable bonds is 5. The van der Waals surface area contributed by atoms with Crippen LogP contribution in [0.25, 0.3) is 0 Å². The molecule has 2 rings (SSSR count). The van der Waals surface area contributed by atoms with Crippen molar-refractivity contribution >= 4 is 11.6 Å². The van der Waals surface area contributed by atoms with Crippen molar-refractivity contribution in [3.8, 4) is 5.75 Å². The smallest absolute Gasteiger partial charge is 0.255 e. The zero-order chi connectivity index (χ0) is 14.4. The van der Waals surface area contributed by atoms with E-state index in [9.17, 15) is 9.18 Å². The number of hydrogen-bond acceptors (Lipinski definition) is 2. The summed E-state index contributed by atoms with van der Waals surface area (Å²) in [5.74, 6) is 0.171. The lowest BCUT2D eigenvalue weighted by molar-refractivity contribution is 0.102. The fourth-order valence-electron chi connectivity index (χ4n) is 1.66. The standard InChI is InChI=1S/C16H16FNO2/c1-2-11-20-15-9-3-12(4-10-15)16(19)18-14-7-5-13(17)6-8-14/h3-10H,2,11H2,1H3,(H,18,19). The molecule has 0 heterocycles. The minimum atomic E-state index is -0.333. The van der Waals surface area contributed by atoms with E-state index in [1.54, 1.807) is 24.3 Å². The predicted molar refractivity (Wildman–Crippen MR) is 76.6 cm³/mol. The number of carbonyl (C=O) groups excluding carboxylic acids is 1. The van der Waals surface area contributed by atoms with Crippen LogP contribution in [0.4, 0.5) is 10.1 Å². The molecule has 0 aliphatic carbocycles. The largest absolute Gasteiger partial charge is 0.494 e. The first kappa shape index (κ1) is 14.1. The molecule has 20 heavy (non-hydrogen) atoms. The molecule has 3 nitrogen and oxygen atoms in total. The van der Waals surface area contributed by atoms with E-state index in [1.165, 1.54) is 24.3 Å². The SMILES string of the molecule is CCCOc1ccc(C(=O)Nc2ccc(F)cc2)cc1. The van der Waals surface area contributed by atoms with Gasteiger partial charge in [0.2, 0.25) is 0 Å². The minimum Gasteiger partial charge on any atom is -0.494 e. The summed E-state index contributed by atoms with van der Waals surface area (Å²) >= 11 is 0. The van der Waals surface area contributed by atoms with Crippen molar-refractivity contribution in [2.75, 3.05) is 11.9 Å². The molecule has 0 saturated carbocycles. The highest BCUT2D eigenvalue weighted by Gasteiger charge is 2.06. The summed E-state index contributed by atoms with van der Waals surface area (Å²) in [6.45, 7) is 2.69. The van der Waals surface area contributed by atoms with Gasteiger partial charge in [0.25, 0.3) is 5.91 Å². The quantitative estimate of drug-likeness (QED) is 0.898. The molecule has 1 amide bonds. The van der Waals surface area contributed by atoms with Gasteiger partial charge in [-0.1, -0.05) is 6.92 Å². The first-order chi connectivity index (χ1) is 9.69. The van der Waals surface area contributed by atoms with Crippen molar-refractivity contribution in [2.45, 2.75) is 13.3 Å². The Labute approximate surface area is 117 Å². The summed E-state index contributed by atoms with van der Waals surface area (Å²) < 4.78 is 18.2. The van der Waals surface area contributed by atoms with E-state index in [-0.39, 0.29) is 11.7 Å². The molecular weight excluding hydrogens is 257 g/mol. The van der Waals surface area contributed by atoms with E-state index in [1.807, 2.05) is 6.92 Å². The molecule has 0 aliphatic heterocycles. The molecule has 104 valence electrons. The lowest BCUT2D eigenvalue weighted by Crippen LogP contribution is -2.11. The zero-order valence-electron chi connectivity index (χ0n) is 11.2. The zero-order valence-corrected chi connectivity index (χ0v) is 11.2. The third kappa shape index (κ3) is 3.82. The van der Waals surface area contributed by atoms with Crippen LogP contribution in [0.5, 0.6) is 5.75 Å². The van der Waals surface area contributed by atoms with Crippen molar-refractivity contribution < 1.29 is 13.9 Å². The molecule has 0 radical (unpaired) electrons. The Bertz CT molecular complexity index is 564. The van der Waals surface area contributed by atoms with E-state index in [0.29, 0.717) is 17.9 Å². The summed E-state index contributed by atoms with van der Waals surface area (Å²) in [5.41, 5.74) is 1.08. The monoisotopic (exact) mass is 273 g/mol. The van der Waals surface area contributed by atoms with E-state index in [0.717, 1.165) is 12.2 Å². The van der Waals surface area contributed by atoms with Crippen LogP contribution in [0.2, 0.25) is 0 Å². The molecule has 4 heteroatoms. The maximum absolute atomic E-state index is 12.8. The third-order valence-electron chi connectivity index (χ3n) is 2.69. The maximum atomic E-state index is 12.8. The first-order valence-electron chi connectivity index (χ1n) is 6.49. The van der Waals surface area contributed by atoms with Crippen LogP contribution < -0.4 is 10.1 Å². The van der Waals surface area contributed by atoms with Gasteiger partial charge in [-0.25, -0.2) is 4.39 Å². The maximum Gasteiger partial charge on any atom is 0.255 e. The van der Waals surface area contributed by atoms with Crippen LogP contribution in [0.3, 0.4) is 0 Å². The molecule has 0 spiro atoms. The van der Waals surface area contributed by atoms with Crippen molar-refractivity contribution in [3.63, 3.8) is 0 Å². The second-order valence-electron chi connectivity index (χ2n) is 4.33. The number of hydrogen-bond donors (Lipinski definition) is 1. The lowest BCUT2D eigenvalue weighted by Gasteiger charge is -2.07. The molecule has 0 aromatic heterocycles. The number of benzene rings is 2. The number of nitrogens with one attached hydrogen (secondary N) is 1. The number of anilines is 1. The first-order valence-corrected chi connectivity index (χ1v) is 6.49. The third-order valence-corrected chi connectivity index (χ3v) is 2.69. The molecule has 0 bridgehead atoms. The molecule has 0 aliphatic rings. The fourth-order valence-corrected chi connectivity index (χ4v) is 1.66. The number of amides is 1. The van der Waals surface area contributed by atoms with Crippen molar-refractivity contribution in [1.29, 1.82) is 0 Å². The van der Waals surface area contributed by atoms with Gasteiger partial charge in [-0.15, -0.1) is 0 Å². The van der Waals surface area contributed by atoms with Gasteiger partial charge < -0.3 is 10.1 Å². The highest BCUT2D eigenvalue weighted by Crippen LogP contribution is 2.14. The van der Waals surface area contributed by atoms with E-state index >= 15 is 0 Å². The second kappa shape index (κ2) is 6.70. The Hall–Kier alpha value is -2.36. The van der Waals surface area contributed by atoms with Crippen LogP contribution in [-0.4, -0.2) is 12.5 Å². The van der Waals surface area contributed by atoms with Gasteiger partial charge in [-0.05, 0) is 55.0 Å².